The minimum Gasteiger partial charge on any atom is -0.488 e. The summed E-state index contributed by atoms with van der Waals surface area (Å²) in [6.07, 6.45) is 1.72. The Balaban J connectivity index is 2.44. The topological polar surface area (TPSA) is 52.3 Å². The minimum absolute atomic E-state index is 0.0230. The number of benzene rings is 1. The van der Waals surface area contributed by atoms with Crippen molar-refractivity contribution in [3.05, 3.63) is 28.3 Å². The SMILES string of the molecule is CC1(C)CCc2c(ccc(C(=O)CN)c2Cl)O1. The van der Waals surface area contributed by atoms with Crippen LogP contribution < -0.4 is 10.5 Å². The lowest BCUT2D eigenvalue weighted by Gasteiger charge is -2.33. The van der Waals surface area contributed by atoms with Crippen LogP contribution in [0.5, 0.6) is 5.75 Å². The van der Waals surface area contributed by atoms with Gasteiger partial charge in [-0.3, -0.25) is 4.79 Å². The molecule has 1 aromatic rings. The molecule has 0 saturated carbocycles. The number of rotatable bonds is 2. The van der Waals surface area contributed by atoms with E-state index in [1.54, 1.807) is 6.07 Å². The van der Waals surface area contributed by atoms with Crippen molar-refractivity contribution in [2.75, 3.05) is 6.54 Å². The first kappa shape index (κ1) is 12.4. The van der Waals surface area contributed by atoms with E-state index in [1.165, 1.54) is 0 Å². The second-order valence-corrected chi connectivity index (χ2v) is 5.27. The molecular formula is C13H16ClNO2. The Labute approximate surface area is 106 Å². The van der Waals surface area contributed by atoms with E-state index >= 15 is 0 Å². The number of carbonyl (C=O) groups is 1. The van der Waals surface area contributed by atoms with Crippen LogP contribution >= 0.6 is 11.6 Å². The summed E-state index contributed by atoms with van der Waals surface area (Å²) in [5.41, 5.74) is 6.60. The van der Waals surface area contributed by atoms with Gasteiger partial charge in [0.15, 0.2) is 5.78 Å². The van der Waals surface area contributed by atoms with Crippen molar-refractivity contribution in [1.82, 2.24) is 0 Å². The molecule has 2 N–H and O–H groups in total. The molecule has 92 valence electrons. The van der Waals surface area contributed by atoms with Gasteiger partial charge in [-0.25, -0.2) is 0 Å². The molecule has 0 spiro atoms. The molecule has 0 saturated heterocycles. The van der Waals surface area contributed by atoms with Gasteiger partial charge in [-0.2, -0.15) is 0 Å². The molecule has 0 aliphatic carbocycles. The van der Waals surface area contributed by atoms with Crippen LogP contribution in [0.4, 0.5) is 0 Å². The number of ether oxygens (including phenoxy) is 1. The van der Waals surface area contributed by atoms with E-state index in [0.29, 0.717) is 10.6 Å². The highest BCUT2D eigenvalue weighted by Gasteiger charge is 2.29. The first-order valence-corrected chi connectivity index (χ1v) is 6.06. The normalized spacial score (nSPS) is 17.2. The number of ketones is 1. The van der Waals surface area contributed by atoms with Gasteiger partial charge in [0.05, 0.1) is 11.6 Å². The first-order valence-electron chi connectivity index (χ1n) is 5.68. The fourth-order valence-corrected chi connectivity index (χ4v) is 2.39. The summed E-state index contributed by atoms with van der Waals surface area (Å²) in [4.78, 5) is 11.6. The van der Waals surface area contributed by atoms with Crippen LogP contribution in [-0.2, 0) is 6.42 Å². The molecule has 0 aromatic heterocycles. The third-order valence-electron chi connectivity index (χ3n) is 3.05. The quantitative estimate of drug-likeness (QED) is 0.825. The van der Waals surface area contributed by atoms with Crippen molar-refractivity contribution in [3.63, 3.8) is 0 Å². The Bertz CT molecular complexity index is 469. The summed E-state index contributed by atoms with van der Waals surface area (Å²) in [7, 11) is 0. The Morgan fingerprint density at radius 2 is 2.24 bits per heavy atom. The van der Waals surface area contributed by atoms with Crippen LogP contribution in [-0.4, -0.2) is 17.9 Å². The van der Waals surface area contributed by atoms with Crippen molar-refractivity contribution >= 4 is 17.4 Å². The third-order valence-corrected chi connectivity index (χ3v) is 3.48. The number of hydrogen-bond acceptors (Lipinski definition) is 3. The molecule has 0 amide bonds. The summed E-state index contributed by atoms with van der Waals surface area (Å²) in [6.45, 7) is 4.07. The van der Waals surface area contributed by atoms with Gasteiger partial charge in [-0.05, 0) is 38.8 Å². The zero-order valence-electron chi connectivity index (χ0n) is 10.0. The molecule has 0 unspecified atom stereocenters. The molecule has 1 aliphatic rings. The van der Waals surface area contributed by atoms with Gasteiger partial charge in [0.2, 0.25) is 0 Å². The van der Waals surface area contributed by atoms with Crippen LogP contribution in [0.15, 0.2) is 12.1 Å². The fourth-order valence-electron chi connectivity index (χ4n) is 2.03. The predicted molar refractivity (Wildman–Crippen MR) is 67.9 cm³/mol. The molecule has 3 nitrogen and oxygen atoms in total. The molecule has 0 atom stereocenters. The third kappa shape index (κ3) is 2.31. The number of halogens is 1. The number of nitrogens with two attached hydrogens (primary N) is 1. The van der Waals surface area contributed by atoms with Crippen LogP contribution in [0.1, 0.15) is 36.2 Å². The van der Waals surface area contributed by atoms with E-state index in [-0.39, 0.29) is 17.9 Å². The zero-order chi connectivity index (χ0) is 12.6. The number of hydrogen-bond donors (Lipinski definition) is 1. The molecule has 0 radical (unpaired) electrons. The van der Waals surface area contributed by atoms with Crippen molar-refractivity contribution in [3.8, 4) is 5.75 Å². The molecule has 4 heteroatoms. The van der Waals surface area contributed by atoms with Gasteiger partial charge in [-0.15, -0.1) is 0 Å². The number of Topliss-reactive ketones (excluding diaryl/α,β-unsaturated/α-hetero) is 1. The molecule has 0 fully saturated rings. The maximum absolute atomic E-state index is 11.6. The van der Waals surface area contributed by atoms with Crippen molar-refractivity contribution < 1.29 is 9.53 Å². The average Bonchev–Trinajstić information content (AvgIpc) is 2.27. The Hall–Kier alpha value is -1.06. The standard InChI is InChI=1S/C13H16ClNO2/c1-13(2)6-5-9-11(17-13)4-3-8(12(9)14)10(16)7-15/h3-4H,5-7,15H2,1-2H3. The van der Waals surface area contributed by atoms with E-state index in [1.807, 2.05) is 19.9 Å². The second-order valence-electron chi connectivity index (χ2n) is 4.89. The van der Waals surface area contributed by atoms with Gasteiger partial charge >= 0.3 is 0 Å². The van der Waals surface area contributed by atoms with Gasteiger partial charge in [0.25, 0.3) is 0 Å². The summed E-state index contributed by atoms with van der Waals surface area (Å²) in [6, 6.07) is 3.50. The predicted octanol–water partition coefficient (Wildman–Crippen LogP) is 2.58. The number of carbonyl (C=O) groups excluding carboxylic acids is 1. The molecule has 0 bridgehead atoms. The smallest absolute Gasteiger partial charge is 0.177 e. The molecule has 17 heavy (non-hydrogen) atoms. The highest BCUT2D eigenvalue weighted by atomic mass is 35.5. The average molecular weight is 254 g/mol. The molecular weight excluding hydrogens is 238 g/mol. The second kappa shape index (κ2) is 4.31. The lowest BCUT2D eigenvalue weighted by molar-refractivity contribution is 0.0846. The molecule has 1 aliphatic heterocycles. The maximum atomic E-state index is 11.6. The van der Waals surface area contributed by atoms with Crippen LogP contribution in [0.3, 0.4) is 0 Å². The van der Waals surface area contributed by atoms with E-state index < -0.39 is 0 Å². The zero-order valence-corrected chi connectivity index (χ0v) is 10.8. The van der Waals surface area contributed by atoms with Crippen molar-refractivity contribution in [1.29, 1.82) is 0 Å². The van der Waals surface area contributed by atoms with E-state index in [0.717, 1.165) is 24.2 Å². The van der Waals surface area contributed by atoms with E-state index in [4.69, 9.17) is 22.1 Å². The maximum Gasteiger partial charge on any atom is 0.177 e. The van der Waals surface area contributed by atoms with Crippen LogP contribution in [0, 0.1) is 0 Å². The van der Waals surface area contributed by atoms with Crippen molar-refractivity contribution in [2.24, 2.45) is 5.73 Å². The lowest BCUT2D eigenvalue weighted by Crippen LogP contribution is -2.32. The minimum atomic E-state index is -0.171. The van der Waals surface area contributed by atoms with Gasteiger partial charge in [0, 0.05) is 11.1 Å². The van der Waals surface area contributed by atoms with E-state index in [9.17, 15) is 4.79 Å². The van der Waals surface area contributed by atoms with Gasteiger partial charge < -0.3 is 10.5 Å². The van der Waals surface area contributed by atoms with Crippen molar-refractivity contribution in [2.45, 2.75) is 32.3 Å². The molecule has 1 heterocycles. The largest absolute Gasteiger partial charge is 0.488 e. The first-order chi connectivity index (χ1) is 7.94. The highest BCUT2D eigenvalue weighted by Crippen LogP contribution is 2.38. The fraction of sp³-hybridized carbons (Fsp3) is 0.462. The van der Waals surface area contributed by atoms with Gasteiger partial charge in [0.1, 0.15) is 11.4 Å². The Morgan fingerprint density at radius 3 is 2.88 bits per heavy atom. The Kier molecular flexibility index (Phi) is 3.15. The number of fused-ring (bicyclic) bond motifs is 1. The molecule has 1 aromatic carbocycles. The summed E-state index contributed by atoms with van der Waals surface area (Å²) >= 11 is 6.24. The lowest BCUT2D eigenvalue weighted by atomic mass is 9.92. The van der Waals surface area contributed by atoms with Gasteiger partial charge in [-0.1, -0.05) is 11.6 Å². The highest BCUT2D eigenvalue weighted by molar-refractivity contribution is 6.35. The molecule has 2 rings (SSSR count). The van der Waals surface area contributed by atoms with E-state index in [2.05, 4.69) is 0 Å². The summed E-state index contributed by atoms with van der Waals surface area (Å²) in [5, 5.41) is 0.494. The van der Waals surface area contributed by atoms with Crippen LogP contribution in [0.2, 0.25) is 5.02 Å². The monoisotopic (exact) mass is 253 g/mol. The summed E-state index contributed by atoms with van der Waals surface area (Å²) in [5.74, 6) is 0.641. The Morgan fingerprint density at radius 1 is 1.53 bits per heavy atom. The van der Waals surface area contributed by atoms with Crippen LogP contribution in [0.25, 0.3) is 0 Å². The summed E-state index contributed by atoms with van der Waals surface area (Å²) < 4.78 is 5.84.